The van der Waals surface area contributed by atoms with Crippen LogP contribution in [0.3, 0.4) is 0 Å². The standard InChI is InChI=1S/C8H8F3N5/c1-4-5(3-16(2)15-4)6-12-7(14-13-6)8(9,10)11/h3H,1-2H3,(H,12,13,14). The molecule has 2 aromatic rings. The van der Waals surface area contributed by atoms with E-state index in [1.54, 1.807) is 20.2 Å². The van der Waals surface area contributed by atoms with Gasteiger partial charge in [-0.3, -0.25) is 9.78 Å². The zero-order valence-corrected chi connectivity index (χ0v) is 8.50. The number of aryl methyl sites for hydroxylation is 2. The van der Waals surface area contributed by atoms with E-state index >= 15 is 0 Å². The van der Waals surface area contributed by atoms with Gasteiger partial charge in [-0.15, -0.1) is 0 Å². The van der Waals surface area contributed by atoms with Gasteiger partial charge in [0.15, 0.2) is 5.82 Å². The van der Waals surface area contributed by atoms with Crippen molar-refractivity contribution in [3.05, 3.63) is 17.7 Å². The summed E-state index contributed by atoms with van der Waals surface area (Å²) >= 11 is 0. The highest BCUT2D eigenvalue weighted by molar-refractivity contribution is 5.56. The highest BCUT2D eigenvalue weighted by Crippen LogP contribution is 2.28. The first-order chi connectivity index (χ1) is 7.38. The van der Waals surface area contributed by atoms with Crippen LogP contribution in [0, 0.1) is 6.92 Å². The van der Waals surface area contributed by atoms with Crippen molar-refractivity contribution in [2.24, 2.45) is 7.05 Å². The second kappa shape index (κ2) is 3.32. The van der Waals surface area contributed by atoms with E-state index in [9.17, 15) is 13.2 Å². The van der Waals surface area contributed by atoms with Crippen LogP contribution in [0.2, 0.25) is 0 Å². The van der Waals surface area contributed by atoms with Gasteiger partial charge in [-0.05, 0) is 6.92 Å². The first kappa shape index (κ1) is 10.7. The van der Waals surface area contributed by atoms with E-state index in [1.165, 1.54) is 4.68 Å². The number of hydrogen-bond acceptors (Lipinski definition) is 3. The molecule has 0 aliphatic rings. The fraction of sp³-hybridized carbons (Fsp3) is 0.375. The molecule has 8 heteroatoms. The lowest BCUT2D eigenvalue weighted by molar-refractivity contribution is -0.144. The molecule has 0 saturated heterocycles. The Morgan fingerprint density at radius 2 is 2.06 bits per heavy atom. The van der Waals surface area contributed by atoms with E-state index in [0.29, 0.717) is 11.3 Å². The number of halogens is 3. The largest absolute Gasteiger partial charge is 0.451 e. The first-order valence-corrected chi connectivity index (χ1v) is 4.38. The molecule has 5 nitrogen and oxygen atoms in total. The Morgan fingerprint density at radius 1 is 1.38 bits per heavy atom. The lowest BCUT2D eigenvalue weighted by Gasteiger charge is -1.98. The molecule has 0 aromatic carbocycles. The van der Waals surface area contributed by atoms with Gasteiger partial charge in [-0.1, -0.05) is 0 Å². The van der Waals surface area contributed by atoms with Crippen molar-refractivity contribution in [1.82, 2.24) is 25.0 Å². The molecular weight excluding hydrogens is 223 g/mol. The summed E-state index contributed by atoms with van der Waals surface area (Å²) in [5, 5.41) is 9.38. The lowest BCUT2D eigenvalue weighted by Crippen LogP contribution is -2.07. The van der Waals surface area contributed by atoms with E-state index in [1.807, 2.05) is 5.10 Å². The average Bonchev–Trinajstić information content (AvgIpc) is 2.70. The van der Waals surface area contributed by atoms with Crippen LogP contribution in [0.1, 0.15) is 11.5 Å². The monoisotopic (exact) mass is 231 g/mol. The second-order valence-electron chi connectivity index (χ2n) is 3.31. The number of nitrogens with one attached hydrogen (secondary N) is 1. The van der Waals surface area contributed by atoms with Crippen LogP contribution in [0.5, 0.6) is 0 Å². The van der Waals surface area contributed by atoms with E-state index in [0.717, 1.165) is 0 Å². The molecular formula is C8H8F3N5. The minimum Gasteiger partial charge on any atom is -0.275 e. The van der Waals surface area contributed by atoms with Gasteiger partial charge < -0.3 is 0 Å². The highest BCUT2D eigenvalue weighted by atomic mass is 19.4. The molecule has 0 radical (unpaired) electrons. The molecule has 16 heavy (non-hydrogen) atoms. The Kier molecular flexibility index (Phi) is 2.21. The predicted molar refractivity (Wildman–Crippen MR) is 48.3 cm³/mol. The van der Waals surface area contributed by atoms with Crippen molar-refractivity contribution in [3.8, 4) is 11.4 Å². The zero-order chi connectivity index (χ0) is 11.9. The number of aromatic nitrogens is 5. The molecule has 0 aliphatic heterocycles. The lowest BCUT2D eigenvalue weighted by atomic mass is 10.2. The zero-order valence-electron chi connectivity index (χ0n) is 8.50. The molecule has 0 aliphatic carbocycles. The summed E-state index contributed by atoms with van der Waals surface area (Å²) in [5.41, 5.74) is 1.06. The molecule has 0 saturated carbocycles. The van der Waals surface area contributed by atoms with Gasteiger partial charge in [0.1, 0.15) is 0 Å². The number of nitrogens with zero attached hydrogens (tertiary/aromatic N) is 4. The number of alkyl halides is 3. The number of rotatable bonds is 1. The van der Waals surface area contributed by atoms with Gasteiger partial charge in [0.25, 0.3) is 0 Å². The smallest absolute Gasteiger partial charge is 0.275 e. The first-order valence-electron chi connectivity index (χ1n) is 4.38. The summed E-state index contributed by atoms with van der Waals surface area (Å²) in [6, 6.07) is 0. The third-order valence-electron chi connectivity index (χ3n) is 2.01. The van der Waals surface area contributed by atoms with Crippen LogP contribution in [-0.4, -0.2) is 25.0 Å². The molecule has 0 atom stereocenters. The van der Waals surface area contributed by atoms with Gasteiger partial charge in [-0.2, -0.15) is 23.4 Å². The van der Waals surface area contributed by atoms with Crippen molar-refractivity contribution in [2.45, 2.75) is 13.1 Å². The maximum Gasteiger partial charge on any atom is 0.451 e. The van der Waals surface area contributed by atoms with Crippen LogP contribution in [0.15, 0.2) is 6.20 Å². The molecule has 0 amide bonds. The molecule has 2 heterocycles. The van der Waals surface area contributed by atoms with Crippen LogP contribution in [0.25, 0.3) is 11.4 Å². The summed E-state index contributed by atoms with van der Waals surface area (Å²) in [5.74, 6) is -1.11. The van der Waals surface area contributed by atoms with Crippen molar-refractivity contribution in [1.29, 1.82) is 0 Å². The fourth-order valence-electron chi connectivity index (χ4n) is 1.33. The number of H-pyrrole nitrogens is 1. The van der Waals surface area contributed by atoms with Gasteiger partial charge in [-0.25, -0.2) is 4.98 Å². The summed E-state index contributed by atoms with van der Waals surface area (Å²) in [6.45, 7) is 1.68. The molecule has 86 valence electrons. The van der Waals surface area contributed by atoms with Crippen LogP contribution in [-0.2, 0) is 13.2 Å². The van der Waals surface area contributed by atoms with Crippen molar-refractivity contribution in [3.63, 3.8) is 0 Å². The molecule has 0 fully saturated rings. The number of hydrogen-bond donors (Lipinski definition) is 1. The maximum absolute atomic E-state index is 12.3. The topological polar surface area (TPSA) is 59.4 Å². The fourth-order valence-corrected chi connectivity index (χ4v) is 1.33. The molecule has 0 bridgehead atoms. The van der Waals surface area contributed by atoms with E-state index in [-0.39, 0.29) is 5.82 Å². The van der Waals surface area contributed by atoms with Crippen molar-refractivity contribution < 1.29 is 13.2 Å². The van der Waals surface area contributed by atoms with Gasteiger partial charge in [0, 0.05) is 13.2 Å². The van der Waals surface area contributed by atoms with E-state index < -0.39 is 12.0 Å². The van der Waals surface area contributed by atoms with E-state index in [2.05, 4.69) is 15.2 Å². The maximum atomic E-state index is 12.3. The quantitative estimate of drug-likeness (QED) is 0.809. The summed E-state index contributed by atoms with van der Waals surface area (Å²) in [4.78, 5) is 3.38. The van der Waals surface area contributed by atoms with Crippen molar-refractivity contribution >= 4 is 0 Å². The minimum atomic E-state index is -4.51. The van der Waals surface area contributed by atoms with Crippen LogP contribution < -0.4 is 0 Å². The minimum absolute atomic E-state index is 0.00192. The number of aromatic amines is 1. The Balaban J connectivity index is 2.43. The molecule has 0 spiro atoms. The summed E-state index contributed by atoms with van der Waals surface area (Å²) in [6.07, 6.45) is -2.94. The Morgan fingerprint density at radius 3 is 2.50 bits per heavy atom. The summed E-state index contributed by atoms with van der Waals surface area (Å²) < 4.78 is 38.3. The van der Waals surface area contributed by atoms with Gasteiger partial charge >= 0.3 is 6.18 Å². The highest BCUT2D eigenvalue weighted by Gasteiger charge is 2.35. The molecule has 2 aromatic heterocycles. The average molecular weight is 231 g/mol. The molecule has 0 unspecified atom stereocenters. The Bertz CT molecular complexity index is 510. The van der Waals surface area contributed by atoms with Gasteiger partial charge in [0.05, 0.1) is 11.3 Å². The van der Waals surface area contributed by atoms with Gasteiger partial charge in [0.2, 0.25) is 5.82 Å². The third-order valence-corrected chi connectivity index (χ3v) is 2.01. The second-order valence-corrected chi connectivity index (χ2v) is 3.31. The third kappa shape index (κ3) is 1.77. The SMILES string of the molecule is Cc1nn(C)cc1-c1n[nH]c(C(F)(F)F)n1. The molecule has 1 N–H and O–H groups in total. The van der Waals surface area contributed by atoms with Crippen LogP contribution in [0.4, 0.5) is 13.2 Å². The Labute approximate surface area is 88.3 Å². The molecule has 2 rings (SSSR count). The normalized spacial score (nSPS) is 12.1. The predicted octanol–water partition coefficient (Wildman–Crippen LogP) is 1.53. The van der Waals surface area contributed by atoms with Crippen LogP contribution >= 0.6 is 0 Å². The summed E-state index contributed by atoms with van der Waals surface area (Å²) in [7, 11) is 1.67. The van der Waals surface area contributed by atoms with E-state index in [4.69, 9.17) is 0 Å². The Hall–Kier alpha value is -1.86. The van der Waals surface area contributed by atoms with Crippen molar-refractivity contribution in [2.75, 3.05) is 0 Å².